The predicted molar refractivity (Wildman–Crippen MR) is 80.6 cm³/mol. The van der Waals surface area contributed by atoms with Gasteiger partial charge in [0, 0.05) is 13.1 Å². The summed E-state index contributed by atoms with van der Waals surface area (Å²) in [6.07, 6.45) is 0. The summed E-state index contributed by atoms with van der Waals surface area (Å²) in [6.45, 7) is 9.41. The Hall–Kier alpha value is -0.910. The first kappa shape index (κ1) is 15.5. The molecule has 4 nitrogen and oxygen atoms in total. The molecule has 0 atom stereocenters. The Bertz CT molecular complexity index is 592. The van der Waals surface area contributed by atoms with E-state index in [9.17, 15) is 8.42 Å². The van der Waals surface area contributed by atoms with E-state index in [-0.39, 0.29) is 17.4 Å². The molecule has 1 aromatic rings. The normalized spacial score (nSPS) is 20.9. The molecular weight excluding hydrogens is 272 g/mol. The van der Waals surface area contributed by atoms with E-state index in [2.05, 4.69) is 32.4 Å². The number of hydrogen-bond acceptors (Lipinski definition) is 3. The first-order valence-electron chi connectivity index (χ1n) is 6.92. The second-order valence-electron chi connectivity index (χ2n) is 6.66. The highest BCUT2D eigenvalue weighted by Gasteiger charge is 2.64. The van der Waals surface area contributed by atoms with Crippen LogP contribution >= 0.6 is 0 Å². The first-order valence-corrected chi connectivity index (χ1v) is 8.40. The van der Waals surface area contributed by atoms with Gasteiger partial charge in [0.15, 0.2) is 0 Å². The van der Waals surface area contributed by atoms with Gasteiger partial charge < -0.3 is 5.73 Å². The van der Waals surface area contributed by atoms with Crippen LogP contribution in [0.1, 0.15) is 33.3 Å². The molecule has 0 radical (unpaired) electrons. The van der Waals surface area contributed by atoms with Crippen LogP contribution in [0.25, 0.3) is 0 Å². The molecule has 1 fully saturated rings. The molecule has 0 amide bonds. The third-order valence-electron chi connectivity index (χ3n) is 5.28. The first-order chi connectivity index (χ1) is 9.14. The quantitative estimate of drug-likeness (QED) is 0.874. The van der Waals surface area contributed by atoms with Crippen molar-refractivity contribution in [2.24, 2.45) is 22.5 Å². The third-order valence-corrected chi connectivity index (χ3v) is 6.80. The summed E-state index contributed by atoms with van der Waals surface area (Å²) >= 11 is 0. The van der Waals surface area contributed by atoms with Crippen LogP contribution in [0.15, 0.2) is 29.2 Å². The lowest BCUT2D eigenvalue weighted by Gasteiger charge is -2.11. The molecule has 0 spiro atoms. The van der Waals surface area contributed by atoms with Gasteiger partial charge in [-0.05, 0) is 28.4 Å². The monoisotopic (exact) mass is 296 g/mol. The van der Waals surface area contributed by atoms with Crippen molar-refractivity contribution < 1.29 is 8.42 Å². The zero-order valence-corrected chi connectivity index (χ0v) is 13.4. The average molecular weight is 296 g/mol. The second kappa shape index (κ2) is 4.83. The van der Waals surface area contributed by atoms with Crippen LogP contribution in [-0.4, -0.2) is 15.0 Å². The zero-order valence-electron chi connectivity index (χ0n) is 12.6. The minimum absolute atomic E-state index is 0.170. The van der Waals surface area contributed by atoms with Crippen LogP contribution in [0, 0.1) is 16.7 Å². The summed E-state index contributed by atoms with van der Waals surface area (Å²) in [5.41, 5.74) is 6.60. The molecule has 0 aliphatic heterocycles. The number of nitrogens with one attached hydrogen (secondary N) is 1. The van der Waals surface area contributed by atoms with Gasteiger partial charge >= 0.3 is 0 Å². The van der Waals surface area contributed by atoms with Crippen molar-refractivity contribution in [3.63, 3.8) is 0 Å². The highest BCUT2D eigenvalue weighted by Crippen LogP contribution is 2.67. The summed E-state index contributed by atoms with van der Waals surface area (Å²) in [4.78, 5) is 0.291. The molecule has 0 heterocycles. The van der Waals surface area contributed by atoms with Crippen LogP contribution in [0.2, 0.25) is 0 Å². The Morgan fingerprint density at radius 3 is 2.20 bits per heavy atom. The summed E-state index contributed by atoms with van der Waals surface area (Å²) < 4.78 is 27.5. The lowest BCUT2D eigenvalue weighted by atomic mass is 10.0. The van der Waals surface area contributed by atoms with Crippen molar-refractivity contribution in [1.29, 1.82) is 0 Å². The van der Waals surface area contributed by atoms with Gasteiger partial charge in [0.1, 0.15) is 0 Å². The lowest BCUT2D eigenvalue weighted by Crippen LogP contribution is -2.28. The van der Waals surface area contributed by atoms with E-state index >= 15 is 0 Å². The van der Waals surface area contributed by atoms with E-state index in [1.54, 1.807) is 24.3 Å². The van der Waals surface area contributed by atoms with Crippen LogP contribution in [-0.2, 0) is 16.6 Å². The van der Waals surface area contributed by atoms with E-state index in [1.165, 1.54) is 0 Å². The van der Waals surface area contributed by atoms with Gasteiger partial charge in [-0.2, -0.15) is 0 Å². The van der Waals surface area contributed by atoms with Crippen LogP contribution in [0.5, 0.6) is 0 Å². The Kier molecular flexibility index (Phi) is 3.73. The Labute approximate surface area is 121 Å². The molecular formula is C15H24N2O2S. The maximum absolute atomic E-state index is 12.4. The van der Waals surface area contributed by atoms with Crippen molar-refractivity contribution in [3.8, 4) is 0 Å². The largest absolute Gasteiger partial charge is 0.326 e. The molecule has 1 aromatic carbocycles. The summed E-state index contributed by atoms with van der Waals surface area (Å²) in [7, 11) is -3.49. The standard InChI is InChI=1S/C15H24N2O2S/c1-14(2)13(15(14,3)4)10-17-20(18,19)12-8-6-5-7-11(12)9-16/h5-8,13,17H,9-10,16H2,1-4H3. The number of sulfonamides is 1. The van der Waals surface area contributed by atoms with Crippen LogP contribution < -0.4 is 10.5 Å². The van der Waals surface area contributed by atoms with Gasteiger partial charge in [-0.15, -0.1) is 0 Å². The van der Waals surface area contributed by atoms with Crippen molar-refractivity contribution >= 4 is 10.0 Å². The van der Waals surface area contributed by atoms with Crippen molar-refractivity contribution in [2.75, 3.05) is 6.54 Å². The van der Waals surface area contributed by atoms with E-state index in [4.69, 9.17) is 5.73 Å². The molecule has 112 valence electrons. The van der Waals surface area contributed by atoms with Gasteiger partial charge in [-0.1, -0.05) is 45.9 Å². The molecule has 1 saturated carbocycles. The molecule has 1 aliphatic carbocycles. The molecule has 5 heteroatoms. The van der Waals surface area contributed by atoms with Crippen LogP contribution in [0.4, 0.5) is 0 Å². The minimum atomic E-state index is -3.49. The van der Waals surface area contributed by atoms with Gasteiger partial charge in [0.2, 0.25) is 10.0 Å². The smallest absolute Gasteiger partial charge is 0.240 e. The molecule has 20 heavy (non-hydrogen) atoms. The van der Waals surface area contributed by atoms with Crippen LogP contribution in [0.3, 0.4) is 0 Å². The molecule has 0 aromatic heterocycles. The summed E-state index contributed by atoms with van der Waals surface area (Å²) in [5.74, 6) is 0.356. The molecule has 0 saturated heterocycles. The fourth-order valence-electron chi connectivity index (χ4n) is 3.05. The molecule has 0 unspecified atom stereocenters. The van der Waals surface area contributed by atoms with Gasteiger partial charge in [0.25, 0.3) is 0 Å². The van der Waals surface area contributed by atoms with Gasteiger partial charge in [-0.25, -0.2) is 13.1 Å². The zero-order chi connectivity index (χ0) is 15.2. The highest BCUT2D eigenvalue weighted by atomic mass is 32.2. The van der Waals surface area contributed by atoms with E-state index in [1.807, 2.05) is 0 Å². The van der Waals surface area contributed by atoms with Crippen molar-refractivity contribution in [2.45, 2.75) is 39.1 Å². The van der Waals surface area contributed by atoms with Crippen molar-refractivity contribution in [1.82, 2.24) is 4.72 Å². The number of benzene rings is 1. The maximum atomic E-state index is 12.4. The molecule has 2 rings (SSSR count). The third kappa shape index (κ3) is 2.38. The highest BCUT2D eigenvalue weighted by molar-refractivity contribution is 7.89. The maximum Gasteiger partial charge on any atom is 0.240 e. The summed E-state index contributed by atoms with van der Waals surface area (Å²) in [6, 6.07) is 6.88. The Balaban J connectivity index is 2.14. The lowest BCUT2D eigenvalue weighted by molar-refractivity contribution is 0.457. The number of rotatable bonds is 5. The molecule has 3 N–H and O–H groups in total. The Morgan fingerprint density at radius 1 is 1.15 bits per heavy atom. The van der Waals surface area contributed by atoms with E-state index < -0.39 is 10.0 Å². The fourth-order valence-corrected chi connectivity index (χ4v) is 4.34. The van der Waals surface area contributed by atoms with E-state index in [0.29, 0.717) is 22.9 Å². The summed E-state index contributed by atoms with van der Waals surface area (Å²) in [5, 5.41) is 0. The molecule has 1 aliphatic rings. The Morgan fingerprint density at radius 2 is 1.70 bits per heavy atom. The minimum Gasteiger partial charge on any atom is -0.326 e. The van der Waals surface area contributed by atoms with E-state index in [0.717, 1.165) is 0 Å². The van der Waals surface area contributed by atoms with Gasteiger partial charge in [-0.3, -0.25) is 0 Å². The molecule has 0 bridgehead atoms. The van der Waals surface area contributed by atoms with Gasteiger partial charge in [0.05, 0.1) is 4.90 Å². The number of hydrogen-bond donors (Lipinski definition) is 2. The van der Waals surface area contributed by atoms with Crippen molar-refractivity contribution in [3.05, 3.63) is 29.8 Å². The SMILES string of the molecule is CC1(C)C(CNS(=O)(=O)c2ccccc2CN)C1(C)C. The average Bonchev–Trinajstić information content (AvgIpc) is 2.77. The topological polar surface area (TPSA) is 72.2 Å². The number of nitrogens with two attached hydrogens (primary N) is 1. The fraction of sp³-hybridized carbons (Fsp3) is 0.600. The predicted octanol–water partition coefficient (Wildman–Crippen LogP) is 2.11. The second-order valence-corrected chi connectivity index (χ2v) is 8.40.